The number of fused-ring (bicyclic) bond motifs is 5. The molecule has 0 saturated heterocycles. The highest BCUT2D eigenvalue weighted by Gasteiger charge is 2.62. The predicted molar refractivity (Wildman–Crippen MR) is 195 cm³/mol. The van der Waals surface area contributed by atoms with E-state index < -0.39 is 0 Å². The van der Waals surface area contributed by atoms with Crippen LogP contribution in [0.1, 0.15) is 122 Å². The molecule has 7 heteroatoms. The van der Waals surface area contributed by atoms with Crippen LogP contribution in [0.2, 0.25) is 0 Å². The number of hydrogen-bond acceptors (Lipinski definition) is 6. The molecule has 10 atom stereocenters. The van der Waals surface area contributed by atoms with Crippen LogP contribution in [0.15, 0.2) is 48.8 Å². The maximum atomic E-state index is 12.9. The lowest BCUT2D eigenvalue weighted by atomic mass is 9.43. The van der Waals surface area contributed by atoms with E-state index in [9.17, 15) is 15.0 Å². The largest absolute Gasteiger partial charge is 0.393 e. The highest BCUT2D eigenvalue weighted by atomic mass is 16.3. The SMILES string of the molecule is C[C@H](CCC(=O)NCCCCCCN(Cc1ccccn1)Cc1ccccn1)[C@H]1CC[C@H]2[C@@H]3[C@H](O)C[C@@H]4C[C@H](O)CC[C@]4(C)[C@H]3CC[C@]12C. The van der Waals surface area contributed by atoms with E-state index in [1.807, 2.05) is 36.7 Å². The molecule has 0 radical (unpaired) electrons. The molecule has 3 N–H and O–H groups in total. The van der Waals surface area contributed by atoms with Gasteiger partial charge in [0.05, 0.1) is 23.6 Å². The summed E-state index contributed by atoms with van der Waals surface area (Å²) in [5.41, 5.74) is 2.70. The lowest BCUT2D eigenvalue weighted by Crippen LogP contribution is -2.58. The van der Waals surface area contributed by atoms with Gasteiger partial charge in [-0.15, -0.1) is 0 Å². The number of aliphatic hydroxyl groups excluding tert-OH is 2. The number of hydrogen-bond donors (Lipinski definition) is 3. The second kappa shape index (κ2) is 16.3. The van der Waals surface area contributed by atoms with Crippen molar-refractivity contribution in [3.8, 4) is 0 Å². The normalized spacial score (nSPS) is 34.5. The summed E-state index contributed by atoms with van der Waals surface area (Å²) in [5, 5.41) is 25.2. The van der Waals surface area contributed by atoms with E-state index in [4.69, 9.17) is 0 Å². The van der Waals surface area contributed by atoms with Gasteiger partial charge in [0.1, 0.15) is 0 Å². The van der Waals surface area contributed by atoms with Crippen molar-refractivity contribution in [1.82, 2.24) is 20.2 Å². The molecule has 270 valence electrons. The molecule has 2 aromatic rings. The van der Waals surface area contributed by atoms with Gasteiger partial charge in [0, 0.05) is 38.4 Å². The summed E-state index contributed by atoms with van der Waals surface area (Å²) >= 11 is 0. The summed E-state index contributed by atoms with van der Waals surface area (Å²) in [6, 6.07) is 12.2. The summed E-state index contributed by atoms with van der Waals surface area (Å²) in [7, 11) is 0. The van der Waals surface area contributed by atoms with E-state index in [2.05, 4.69) is 53.1 Å². The molecule has 4 fully saturated rings. The highest BCUT2D eigenvalue weighted by Crippen LogP contribution is 2.68. The van der Waals surface area contributed by atoms with E-state index in [0.717, 1.165) is 95.4 Å². The zero-order chi connectivity index (χ0) is 34.4. The van der Waals surface area contributed by atoms with E-state index >= 15 is 0 Å². The minimum atomic E-state index is -0.227. The average Bonchev–Trinajstić information content (AvgIpc) is 3.45. The first-order valence-electron chi connectivity index (χ1n) is 19.8. The smallest absolute Gasteiger partial charge is 0.220 e. The van der Waals surface area contributed by atoms with Crippen LogP contribution in [0.3, 0.4) is 0 Å². The molecule has 6 rings (SSSR count). The third kappa shape index (κ3) is 8.42. The first kappa shape index (κ1) is 36.4. The second-order valence-corrected chi connectivity index (χ2v) is 17.1. The maximum Gasteiger partial charge on any atom is 0.220 e. The maximum absolute atomic E-state index is 12.9. The minimum Gasteiger partial charge on any atom is -0.393 e. The minimum absolute atomic E-state index is 0.182. The van der Waals surface area contributed by atoms with Crippen LogP contribution in [0, 0.1) is 46.3 Å². The number of carbonyl (C=O) groups excluding carboxylic acids is 1. The quantitative estimate of drug-likeness (QED) is 0.169. The average molecular weight is 673 g/mol. The van der Waals surface area contributed by atoms with E-state index in [1.54, 1.807) is 0 Å². The van der Waals surface area contributed by atoms with Crippen molar-refractivity contribution in [2.45, 2.75) is 136 Å². The Morgan fingerprint density at radius 3 is 2.24 bits per heavy atom. The first-order chi connectivity index (χ1) is 23.7. The van der Waals surface area contributed by atoms with Gasteiger partial charge in [-0.2, -0.15) is 0 Å². The Morgan fingerprint density at radius 1 is 0.878 bits per heavy atom. The van der Waals surface area contributed by atoms with Gasteiger partial charge >= 0.3 is 0 Å². The standard InChI is InChI=1S/C42H64N4O3/c1-30(35-15-16-36-40-37(19-21-42(35,36)3)41(2)20-18-34(47)26-31(41)27-38(40)48)14-17-39(49)45-24-8-4-5-11-25-46(28-32-12-6-9-22-43-32)29-33-13-7-10-23-44-33/h6-7,9-10,12-13,22-23,30-31,34-38,40,47-48H,4-5,8,11,14-21,24-29H2,1-3H3,(H,45,49)/t30-,31+,34-,35-,36+,37+,38-,40+,41+,42-/m1/s1. The molecule has 2 aromatic heterocycles. The van der Waals surface area contributed by atoms with E-state index in [-0.39, 0.29) is 28.9 Å². The topological polar surface area (TPSA) is 98.6 Å². The third-order valence-electron chi connectivity index (χ3n) is 14.2. The second-order valence-electron chi connectivity index (χ2n) is 17.1. The molecule has 0 spiro atoms. The molecule has 0 unspecified atom stereocenters. The number of rotatable bonds is 15. The Morgan fingerprint density at radius 2 is 1.55 bits per heavy atom. The lowest BCUT2D eigenvalue weighted by molar-refractivity contribution is -0.174. The molecular weight excluding hydrogens is 608 g/mol. The fraction of sp³-hybridized carbons (Fsp3) is 0.738. The van der Waals surface area contributed by atoms with Crippen LogP contribution in [0.4, 0.5) is 0 Å². The van der Waals surface area contributed by atoms with Gasteiger partial charge in [-0.3, -0.25) is 19.7 Å². The Labute approximate surface area is 296 Å². The Hall–Kier alpha value is -2.35. The molecule has 1 amide bonds. The van der Waals surface area contributed by atoms with Crippen LogP contribution in [-0.4, -0.2) is 56.3 Å². The summed E-state index contributed by atoms with van der Waals surface area (Å²) in [4.78, 5) is 24.4. The van der Waals surface area contributed by atoms with Crippen molar-refractivity contribution in [3.05, 3.63) is 60.2 Å². The number of aromatic nitrogens is 2. The Balaban J connectivity index is 0.896. The van der Waals surface area contributed by atoms with E-state index in [0.29, 0.717) is 41.9 Å². The number of amides is 1. The summed E-state index contributed by atoms with van der Waals surface area (Å²) in [5.74, 6) is 3.39. The number of nitrogens with one attached hydrogen (secondary N) is 1. The Kier molecular flexibility index (Phi) is 12.1. The predicted octanol–water partition coefficient (Wildman–Crippen LogP) is 7.56. The van der Waals surface area contributed by atoms with Crippen molar-refractivity contribution in [1.29, 1.82) is 0 Å². The number of aliphatic hydroxyl groups is 2. The molecule has 4 saturated carbocycles. The van der Waals surface area contributed by atoms with Crippen molar-refractivity contribution in [3.63, 3.8) is 0 Å². The summed E-state index contributed by atoms with van der Waals surface area (Å²) in [6.45, 7) is 10.8. The van der Waals surface area contributed by atoms with Gasteiger partial charge in [-0.1, -0.05) is 45.7 Å². The van der Waals surface area contributed by atoms with Crippen molar-refractivity contribution < 1.29 is 15.0 Å². The molecule has 4 aliphatic carbocycles. The fourth-order valence-corrected chi connectivity index (χ4v) is 11.5. The molecule has 0 aromatic carbocycles. The highest BCUT2D eigenvalue weighted by molar-refractivity contribution is 5.75. The van der Waals surface area contributed by atoms with Crippen molar-refractivity contribution in [2.24, 2.45) is 46.3 Å². The zero-order valence-corrected chi connectivity index (χ0v) is 30.6. The number of unbranched alkanes of at least 4 members (excludes halogenated alkanes) is 3. The van der Waals surface area contributed by atoms with Crippen LogP contribution in [-0.2, 0) is 17.9 Å². The van der Waals surface area contributed by atoms with Crippen LogP contribution in [0.25, 0.3) is 0 Å². The van der Waals surface area contributed by atoms with Gasteiger partial charge in [-0.05, 0) is 148 Å². The van der Waals surface area contributed by atoms with Gasteiger partial charge in [-0.25, -0.2) is 0 Å². The molecule has 49 heavy (non-hydrogen) atoms. The monoisotopic (exact) mass is 672 g/mol. The molecule has 4 aliphatic rings. The molecule has 0 bridgehead atoms. The first-order valence-corrected chi connectivity index (χ1v) is 19.8. The van der Waals surface area contributed by atoms with E-state index in [1.165, 1.54) is 25.7 Å². The number of carbonyl (C=O) groups is 1. The molecule has 0 aliphatic heterocycles. The lowest BCUT2D eigenvalue weighted by Gasteiger charge is -2.62. The van der Waals surface area contributed by atoms with Crippen molar-refractivity contribution >= 4 is 5.91 Å². The third-order valence-corrected chi connectivity index (χ3v) is 14.2. The number of pyridine rings is 2. The molecule has 2 heterocycles. The van der Waals surface area contributed by atoms with Crippen LogP contribution < -0.4 is 5.32 Å². The summed E-state index contributed by atoms with van der Waals surface area (Å²) < 4.78 is 0. The van der Waals surface area contributed by atoms with Gasteiger partial charge in [0.2, 0.25) is 5.91 Å². The number of nitrogens with zero attached hydrogens (tertiary/aromatic N) is 3. The van der Waals surface area contributed by atoms with Gasteiger partial charge in [0.15, 0.2) is 0 Å². The van der Waals surface area contributed by atoms with Gasteiger partial charge in [0.25, 0.3) is 0 Å². The summed E-state index contributed by atoms with van der Waals surface area (Å²) in [6.07, 6.45) is 18.0. The zero-order valence-electron chi connectivity index (χ0n) is 30.6. The van der Waals surface area contributed by atoms with Crippen LogP contribution >= 0.6 is 0 Å². The molecular formula is C42H64N4O3. The van der Waals surface area contributed by atoms with Crippen LogP contribution in [0.5, 0.6) is 0 Å². The Bertz CT molecular complexity index is 1290. The van der Waals surface area contributed by atoms with Gasteiger partial charge < -0.3 is 15.5 Å². The van der Waals surface area contributed by atoms with Crippen molar-refractivity contribution in [2.75, 3.05) is 13.1 Å². The fourth-order valence-electron chi connectivity index (χ4n) is 11.5. The molecule has 7 nitrogen and oxygen atoms in total.